The molecule has 1 heterocycles. The lowest BCUT2D eigenvalue weighted by Crippen LogP contribution is -2.22. The van der Waals surface area contributed by atoms with Crippen LogP contribution in [0.2, 0.25) is 0 Å². The normalized spacial score (nSPS) is 12.6. The summed E-state index contributed by atoms with van der Waals surface area (Å²) in [4.78, 5) is 1.44. The molecule has 1 nitrogen and oxygen atoms in total. The summed E-state index contributed by atoms with van der Waals surface area (Å²) < 4.78 is 1.22. The molecule has 0 radical (unpaired) electrons. The lowest BCUT2D eigenvalue weighted by Gasteiger charge is -2.17. The SMILES string of the molecule is CCNCC(Cc1ccc(Br)s1)c1cccc(C)c1. The number of hydrogen-bond acceptors (Lipinski definition) is 2. The second-order valence-electron chi connectivity index (χ2n) is 4.83. The second kappa shape index (κ2) is 7.22. The van der Waals surface area contributed by atoms with Crippen molar-refractivity contribution in [3.63, 3.8) is 0 Å². The van der Waals surface area contributed by atoms with E-state index in [1.54, 1.807) is 0 Å². The van der Waals surface area contributed by atoms with Gasteiger partial charge in [0.05, 0.1) is 3.79 Å². The molecule has 1 N–H and O–H groups in total. The van der Waals surface area contributed by atoms with Crippen molar-refractivity contribution >= 4 is 27.3 Å². The molecule has 2 rings (SSSR count). The van der Waals surface area contributed by atoms with Crippen LogP contribution >= 0.6 is 27.3 Å². The van der Waals surface area contributed by atoms with Gasteiger partial charge in [-0.2, -0.15) is 0 Å². The topological polar surface area (TPSA) is 12.0 Å². The van der Waals surface area contributed by atoms with Gasteiger partial charge in [-0.25, -0.2) is 0 Å². The number of thiophene rings is 1. The van der Waals surface area contributed by atoms with E-state index in [-0.39, 0.29) is 0 Å². The van der Waals surface area contributed by atoms with Gasteiger partial charge in [-0.05, 0) is 53.5 Å². The fourth-order valence-electron chi connectivity index (χ4n) is 2.25. The number of likely N-dealkylation sites (N-methyl/N-ethyl adjacent to an activating group) is 1. The minimum Gasteiger partial charge on any atom is -0.316 e. The van der Waals surface area contributed by atoms with E-state index in [0.29, 0.717) is 5.92 Å². The molecule has 102 valence electrons. The molecule has 0 saturated carbocycles. The lowest BCUT2D eigenvalue weighted by molar-refractivity contribution is 0.598. The Morgan fingerprint density at radius 2 is 2.11 bits per heavy atom. The molecule has 0 aliphatic heterocycles. The fraction of sp³-hybridized carbons (Fsp3) is 0.375. The molecule has 0 fully saturated rings. The minimum atomic E-state index is 0.547. The first-order chi connectivity index (χ1) is 9.19. The first-order valence-electron chi connectivity index (χ1n) is 6.70. The predicted octanol–water partition coefficient (Wildman–Crippen LogP) is 4.75. The summed E-state index contributed by atoms with van der Waals surface area (Å²) in [5.74, 6) is 0.547. The molecule has 0 aliphatic carbocycles. The van der Waals surface area contributed by atoms with Crippen molar-refractivity contribution in [2.24, 2.45) is 0 Å². The van der Waals surface area contributed by atoms with Crippen molar-refractivity contribution in [1.82, 2.24) is 5.32 Å². The minimum absolute atomic E-state index is 0.547. The van der Waals surface area contributed by atoms with Gasteiger partial charge in [0.1, 0.15) is 0 Å². The standard InChI is InChI=1S/C16H20BrNS/c1-3-18-11-14(10-15-7-8-16(17)19-15)13-6-4-5-12(2)9-13/h4-9,14,18H,3,10-11H2,1-2H3. The second-order valence-corrected chi connectivity index (χ2v) is 7.38. The molecule has 2 aromatic rings. The largest absolute Gasteiger partial charge is 0.316 e. The summed E-state index contributed by atoms with van der Waals surface area (Å²) in [6.45, 7) is 6.39. The van der Waals surface area contributed by atoms with Gasteiger partial charge in [-0.1, -0.05) is 36.8 Å². The number of nitrogens with one attached hydrogen (secondary N) is 1. The van der Waals surface area contributed by atoms with Gasteiger partial charge in [-0.3, -0.25) is 0 Å². The number of aryl methyl sites for hydroxylation is 1. The van der Waals surface area contributed by atoms with Crippen LogP contribution in [-0.4, -0.2) is 13.1 Å². The maximum absolute atomic E-state index is 3.55. The maximum atomic E-state index is 3.55. The third kappa shape index (κ3) is 4.44. The van der Waals surface area contributed by atoms with Crippen LogP contribution in [0.25, 0.3) is 0 Å². The van der Waals surface area contributed by atoms with E-state index < -0.39 is 0 Å². The summed E-state index contributed by atoms with van der Waals surface area (Å²) >= 11 is 5.38. The van der Waals surface area contributed by atoms with Gasteiger partial charge >= 0.3 is 0 Å². The van der Waals surface area contributed by atoms with E-state index in [9.17, 15) is 0 Å². The molecule has 0 saturated heterocycles. The molecule has 1 atom stereocenters. The highest BCUT2D eigenvalue weighted by Gasteiger charge is 2.13. The molecule has 3 heteroatoms. The van der Waals surface area contributed by atoms with Crippen molar-refractivity contribution in [2.45, 2.75) is 26.2 Å². The summed E-state index contributed by atoms with van der Waals surface area (Å²) in [7, 11) is 0. The summed E-state index contributed by atoms with van der Waals surface area (Å²) in [6, 6.07) is 13.2. The Bertz CT molecular complexity index is 521. The molecule has 0 aliphatic rings. The zero-order valence-corrected chi connectivity index (χ0v) is 13.9. The van der Waals surface area contributed by atoms with E-state index in [2.05, 4.69) is 71.5 Å². The highest BCUT2D eigenvalue weighted by molar-refractivity contribution is 9.11. The first kappa shape index (κ1) is 14.8. The Balaban J connectivity index is 2.15. The zero-order chi connectivity index (χ0) is 13.7. The fourth-order valence-corrected chi connectivity index (χ4v) is 3.82. The summed E-state index contributed by atoms with van der Waals surface area (Å²) in [5, 5.41) is 3.49. The van der Waals surface area contributed by atoms with E-state index in [4.69, 9.17) is 0 Å². The Labute approximate surface area is 128 Å². The molecule has 1 aromatic heterocycles. The Morgan fingerprint density at radius 1 is 1.26 bits per heavy atom. The number of benzene rings is 1. The summed E-state index contributed by atoms with van der Waals surface area (Å²) in [6.07, 6.45) is 1.10. The van der Waals surface area contributed by atoms with Crippen molar-refractivity contribution < 1.29 is 0 Å². The van der Waals surface area contributed by atoms with Gasteiger partial charge in [0.2, 0.25) is 0 Å². The van der Waals surface area contributed by atoms with Crippen molar-refractivity contribution in [1.29, 1.82) is 0 Å². The van der Waals surface area contributed by atoms with Gasteiger partial charge in [-0.15, -0.1) is 11.3 Å². The van der Waals surface area contributed by atoms with E-state index in [1.165, 1.54) is 19.8 Å². The van der Waals surface area contributed by atoms with Gasteiger partial charge in [0.25, 0.3) is 0 Å². The van der Waals surface area contributed by atoms with Gasteiger partial charge in [0.15, 0.2) is 0 Å². The van der Waals surface area contributed by atoms with Crippen molar-refractivity contribution in [3.05, 3.63) is 56.2 Å². The Kier molecular flexibility index (Phi) is 5.61. The molecule has 0 amide bonds. The first-order valence-corrected chi connectivity index (χ1v) is 8.31. The van der Waals surface area contributed by atoms with Crippen LogP contribution in [0.5, 0.6) is 0 Å². The van der Waals surface area contributed by atoms with E-state index in [1.807, 2.05) is 11.3 Å². The zero-order valence-electron chi connectivity index (χ0n) is 11.4. The van der Waals surface area contributed by atoms with Crippen LogP contribution in [0, 0.1) is 6.92 Å². The van der Waals surface area contributed by atoms with E-state index in [0.717, 1.165) is 19.5 Å². The van der Waals surface area contributed by atoms with Gasteiger partial charge in [0, 0.05) is 17.3 Å². The molecule has 1 aromatic carbocycles. The number of rotatable bonds is 6. The monoisotopic (exact) mass is 337 g/mol. The van der Waals surface area contributed by atoms with E-state index >= 15 is 0 Å². The quantitative estimate of drug-likeness (QED) is 0.801. The molecule has 0 spiro atoms. The molecular formula is C16H20BrNS. The number of halogens is 1. The molecule has 1 unspecified atom stereocenters. The van der Waals surface area contributed by atoms with Crippen LogP contribution in [0.15, 0.2) is 40.2 Å². The van der Waals surface area contributed by atoms with Crippen molar-refractivity contribution in [2.75, 3.05) is 13.1 Å². The molecule has 0 bridgehead atoms. The predicted molar refractivity (Wildman–Crippen MR) is 88.2 cm³/mol. The maximum Gasteiger partial charge on any atom is 0.0701 e. The summed E-state index contributed by atoms with van der Waals surface area (Å²) in [5.41, 5.74) is 2.77. The average Bonchev–Trinajstić information content (AvgIpc) is 2.80. The third-order valence-electron chi connectivity index (χ3n) is 3.23. The van der Waals surface area contributed by atoms with Crippen LogP contribution in [-0.2, 0) is 6.42 Å². The Morgan fingerprint density at radius 3 is 2.74 bits per heavy atom. The highest BCUT2D eigenvalue weighted by atomic mass is 79.9. The smallest absolute Gasteiger partial charge is 0.0701 e. The van der Waals surface area contributed by atoms with Crippen LogP contribution in [0.4, 0.5) is 0 Å². The molecular weight excluding hydrogens is 318 g/mol. The van der Waals surface area contributed by atoms with Crippen molar-refractivity contribution in [3.8, 4) is 0 Å². The number of hydrogen-bond donors (Lipinski definition) is 1. The molecule has 19 heavy (non-hydrogen) atoms. The lowest BCUT2D eigenvalue weighted by atomic mass is 9.93. The highest BCUT2D eigenvalue weighted by Crippen LogP contribution is 2.28. The van der Waals surface area contributed by atoms with Crippen LogP contribution in [0.1, 0.15) is 28.8 Å². The average molecular weight is 338 g/mol. The van der Waals surface area contributed by atoms with Crippen LogP contribution < -0.4 is 5.32 Å². The van der Waals surface area contributed by atoms with Crippen LogP contribution in [0.3, 0.4) is 0 Å². The third-order valence-corrected chi connectivity index (χ3v) is 4.88. The van der Waals surface area contributed by atoms with Gasteiger partial charge < -0.3 is 5.32 Å². The Hall–Kier alpha value is -0.640.